The first-order valence-electron chi connectivity index (χ1n) is 6.14. The molecule has 2 atom stereocenters. The van der Waals surface area contributed by atoms with Crippen LogP contribution in [-0.4, -0.2) is 42.7 Å². The number of carboxylic acid groups (broad SMARTS) is 1. The third-order valence-corrected chi connectivity index (χ3v) is 2.35. The SMILES string of the molecule is CCOC(OCC)C(C(=O)O)C(=O)OC(C)CC. The highest BCUT2D eigenvalue weighted by molar-refractivity contribution is 5.94. The molecule has 0 aromatic rings. The molecule has 18 heavy (non-hydrogen) atoms. The maximum atomic E-state index is 11.8. The summed E-state index contributed by atoms with van der Waals surface area (Å²) in [5.41, 5.74) is 0. The lowest BCUT2D eigenvalue weighted by Crippen LogP contribution is -2.40. The minimum absolute atomic E-state index is 0.255. The fraction of sp³-hybridized carbons (Fsp3) is 0.833. The maximum absolute atomic E-state index is 11.8. The van der Waals surface area contributed by atoms with E-state index in [0.717, 1.165) is 0 Å². The van der Waals surface area contributed by atoms with Crippen LogP contribution < -0.4 is 0 Å². The molecule has 0 saturated heterocycles. The van der Waals surface area contributed by atoms with E-state index in [1.807, 2.05) is 6.92 Å². The average molecular weight is 262 g/mol. The minimum atomic E-state index is -1.46. The van der Waals surface area contributed by atoms with E-state index in [4.69, 9.17) is 19.3 Å². The molecule has 0 aromatic carbocycles. The standard InChI is InChI=1S/C12H22O6/c1-5-8(4)18-11(15)9(10(13)14)12(16-6-2)17-7-3/h8-9,12H,5-7H2,1-4H3,(H,13,14). The number of rotatable bonds is 9. The molecule has 6 nitrogen and oxygen atoms in total. The van der Waals surface area contributed by atoms with Gasteiger partial charge in [-0.25, -0.2) is 0 Å². The van der Waals surface area contributed by atoms with E-state index in [1.54, 1.807) is 20.8 Å². The van der Waals surface area contributed by atoms with Gasteiger partial charge in [0.25, 0.3) is 0 Å². The normalized spacial score (nSPS) is 14.3. The third-order valence-electron chi connectivity index (χ3n) is 2.35. The molecule has 0 rings (SSSR count). The zero-order valence-electron chi connectivity index (χ0n) is 11.3. The highest BCUT2D eigenvalue weighted by atomic mass is 16.7. The van der Waals surface area contributed by atoms with Crippen molar-refractivity contribution in [3.05, 3.63) is 0 Å². The number of aliphatic carboxylic acids is 1. The van der Waals surface area contributed by atoms with E-state index in [0.29, 0.717) is 6.42 Å². The number of carbonyl (C=O) groups excluding carboxylic acids is 1. The zero-order chi connectivity index (χ0) is 14.1. The Balaban J connectivity index is 4.79. The number of hydrogen-bond acceptors (Lipinski definition) is 5. The van der Waals surface area contributed by atoms with Crippen LogP contribution in [0, 0.1) is 5.92 Å². The molecule has 2 unspecified atom stereocenters. The van der Waals surface area contributed by atoms with Gasteiger partial charge < -0.3 is 19.3 Å². The van der Waals surface area contributed by atoms with E-state index in [2.05, 4.69) is 0 Å². The maximum Gasteiger partial charge on any atom is 0.325 e. The van der Waals surface area contributed by atoms with Crippen LogP contribution in [0.3, 0.4) is 0 Å². The van der Waals surface area contributed by atoms with E-state index in [-0.39, 0.29) is 19.3 Å². The van der Waals surface area contributed by atoms with Gasteiger partial charge in [0.15, 0.2) is 6.29 Å². The molecule has 0 aliphatic heterocycles. The minimum Gasteiger partial charge on any atom is -0.480 e. The van der Waals surface area contributed by atoms with Crippen molar-refractivity contribution in [1.29, 1.82) is 0 Å². The highest BCUT2D eigenvalue weighted by Gasteiger charge is 2.38. The quantitative estimate of drug-likeness (QED) is 0.384. The molecular formula is C12H22O6. The van der Waals surface area contributed by atoms with E-state index in [9.17, 15) is 9.59 Å². The van der Waals surface area contributed by atoms with Gasteiger partial charge in [0, 0.05) is 13.2 Å². The van der Waals surface area contributed by atoms with Crippen molar-refractivity contribution in [3.8, 4) is 0 Å². The van der Waals surface area contributed by atoms with Crippen molar-refractivity contribution in [2.24, 2.45) is 5.92 Å². The van der Waals surface area contributed by atoms with Crippen LogP contribution in [0.5, 0.6) is 0 Å². The Bertz CT molecular complexity index is 259. The van der Waals surface area contributed by atoms with Crippen LogP contribution in [0.2, 0.25) is 0 Å². The zero-order valence-corrected chi connectivity index (χ0v) is 11.3. The Labute approximate surface area is 107 Å². The topological polar surface area (TPSA) is 82.1 Å². The van der Waals surface area contributed by atoms with Gasteiger partial charge in [-0.3, -0.25) is 9.59 Å². The molecular weight excluding hydrogens is 240 g/mol. The summed E-state index contributed by atoms with van der Waals surface area (Å²) in [4.78, 5) is 22.9. The predicted octanol–water partition coefficient (Wildman–Crippen LogP) is 1.43. The van der Waals surface area contributed by atoms with E-state index >= 15 is 0 Å². The van der Waals surface area contributed by atoms with Gasteiger partial charge in [-0.05, 0) is 27.2 Å². The Morgan fingerprint density at radius 1 is 1.11 bits per heavy atom. The van der Waals surface area contributed by atoms with Crippen molar-refractivity contribution < 1.29 is 28.9 Å². The molecule has 0 spiro atoms. The summed E-state index contributed by atoms with van der Waals surface area (Å²) in [5, 5.41) is 9.09. The molecule has 0 bridgehead atoms. The number of carbonyl (C=O) groups is 2. The third kappa shape index (κ3) is 5.46. The van der Waals surface area contributed by atoms with E-state index in [1.165, 1.54) is 0 Å². The fourth-order valence-corrected chi connectivity index (χ4v) is 1.25. The van der Waals surface area contributed by atoms with Gasteiger partial charge in [0.1, 0.15) is 0 Å². The first-order valence-corrected chi connectivity index (χ1v) is 6.14. The van der Waals surface area contributed by atoms with Crippen molar-refractivity contribution in [2.45, 2.75) is 46.5 Å². The fourth-order valence-electron chi connectivity index (χ4n) is 1.25. The van der Waals surface area contributed by atoms with Gasteiger partial charge in [0.05, 0.1) is 6.10 Å². The molecule has 0 saturated carbocycles. The van der Waals surface area contributed by atoms with Gasteiger partial charge >= 0.3 is 11.9 Å². The van der Waals surface area contributed by atoms with Crippen LogP contribution in [0.15, 0.2) is 0 Å². The van der Waals surface area contributed by atoms with Crippen molar-refractivity contribution in [2.75, 3.05) is 13.2 Å². The monoisotopic (exact) mass is 262 g/mol. The summed E-state index contributed by atoms with van der Waals surface area (Å²) in [6.07, 6.45) is -0.830. The number of esters is 1. The Morgan fingerprint density at radius 2 is 1.61 bits per heavy atom. The Morgan fingerprint density at radius 3 is 1.94 bits per heavy atom. The molecule has 0 heterocycles. The summed E-state index contributed by atoms with van der Waals surface area (Å²) in [6.45, 7) is 7.45. The van der Waals surface area contributed by atoms with Crippen LogP contribution in [0.25, 0.3) is 0 Å². The van der Waals surface area contributed by atoms with Crippen molar-refractivity contribution in [3.63, 3.8) is 0 Å². The average Bonchev–Trinajstić information content (AvgIpc) is 2.29. The molecule has 0 aromatic heterocycles. The lowest BCUT2D eigenvalue weighted by atomic mass is 10.1. The Hall–Kier alpha value is -1.14. The lowest BCUT2D eigenvalue weighted by Gasteiger charge is -2.23. The van der Waals surface area contributed by atoms with Gasteiger partial charge in [0.2, 0.25) is 5.92 Å². The summed E-state index contributed by atoms with van der Waals surface area (Å²) in [7, 11) is 0. The second kappa shape index (κ2) is 8.88. The van der Waals surface area contributed by atoms with Gasteiger partial charge in [-0.1, -0.05) is 6.92 Å². The predicted molar refractivity (Wildman–Crippen MR) is 64.0 cm³/mol. The first kappa shape index (κ1) is 16.9. The molecule has 0 amide bonds. The van der Waals surface area contributed by atoms with Crippen molar-refractivity contribution >= 4 is 11.9 Å². The summed E-state index contributed by atoms with van der Waals surface area (Å²) in [5.74, 6) is -3.60. The number of carboxylic acids is 1. The van der Waals surface area contributed by atoms with Crippen LogP contribution in [-0.2, 0) is 23.8 Å². The summed E-state index contributed by atoms with van der Waals surface area (Å²) in [6, 6.07) is 0. The van der Waals surface area contributed by atoms with Crippen LogP contribution >= 0.6 is 0 Å². The molecule has 0 aliphatic carbocycles. The summed E-state index contributed by atoms with van der Waals surface area (Å²) >= 11 is 0. The smallest absolute Gasteiger partial charge is 0.325 e. The molecule has 0 radical (unpaired) electrons. The highest BCUT2D eigenvalue weighted by Crippen LogP contribution is 2.14. The largest absolute Gasteiger partial charge is 0.480 e. The van der Waals surface area contributed by atoms with E-state index < -0.39 is 24.1 Å². The lowest BCUT2D eigenvalue weighted by molar-refractivity contribution is -0.200. The number of ether oxygens (including phenoxy) is 3. The molecule has 1 N–H and O–H groups in total. The number of hydrogen-bond donors (Lipinski definition) is 1. The second-order valence-electron chi connectivity index (χ2n) is 3.75. The van der Waals surface area contributed by atoms with Gasteiger partial charge in [-0.15, -0.1) is 0 Å². The molecule has 106 valence electrons. The van der Waals surface area contributed by atoms with Crippen LogP contribution in [0.1, 0.15) is 34.1 Å². The molecule has 0 fully saturated rings. The molecule has 0 aliphatic rings. The summed E-state index contributed by atoms with van der Waals surface area (Å²) < 4.78 is 15.3. The van der Waals surface area contributed by atoms with Crippen LogP contribution in [0.4, 0.5) is 0 Å². The van der Waals surface area contributed by atoms with Gasteiger partial charge in [-0.2, -0.15) is 0 Å². The second-order valence-corrected chi connectivity index (χ2v) is 3.75. The Kier molecular flexibility index (Phi) is 8.32. The molecule has 6 heteroatoms. The first-order chi connectivity index (χ1) is 8.47. The van der Waals surface area contributed by atoms with Crippen molar-refractivity contribution in [1.82, 2.24) is 0 Å².